The van der Waals surface area contributed by atoms with Crippen LogP contribution in [0.3, 0.4) is 0 Å². The Kier molecular flexibility index (Phi) is 3.80. The van der Waals surface area contributed by atoms with E-state index < -0.39 is 0 Å². The summed E-state index contributed by atoms with van der Waals surface area (Å²) in [4.78, 5) is 0. The molecule has 0 aliphatic rings. The number of aryl methyl sites for hydroxylation is 1. The van der Waals surface area contributed by atoms with E-state index in [9.17, 15) is 0 Å². The minimum Gasteiger partial charge on any atom is -0.0622 e. The molecule has 0 saturated heterocycles. The second-order valence-corrected chi connectivity index (χ2v) is 6.50. The van der Waals surface area contributed by atoms with Gasteiger partial charge in [-0.05, 0) is 41.5 Å². The number of rotatable bonds is 2. The van der Waals surface area contributed by atoms with Gasteiger partial charge in [-0.25, -0.2) is 0 Å². The van der Waals surface area contributed by atoms with Gasteiger partial charge in [0.15, 0.2) is 0 Å². The van der Waals surface area contributed by atoms with Crippen molar-refractivity contribution in [2.45, 2.75) is 40.5 Å². The van der Waals surface area contributed by atoms with Crippen LogP contribution >= 0.6 is 0 Å². The van der Waals surface area contributed by atoms with Crippen LogP contribution in [0.5, 0.6) is 0 Å². The summed E-state index contributed by atoms with van der Waals surface area (Å²) in [5.41, 5.74) is 5.87. The highest BCUT2D eigenvalue weighted by molar-refractivity contribution is 5.42. The van der Waals surface area contributed by atoms with Crippen molar-refractivity contribution < 1.29 is 0 Å². The Morgan fingerprint density at radius 2 is 1.42 bits per heavy atom. The summed E-state index contributed by atoms with van der Waals surface area (Å²) in [5, 5.41) is 0. The normalized spacial score (nSPS) is 13.3. The van der Waals surface area contributed by atoms with E-state index >= 15 is 0 Å². The second kappa shape index (κ2) is 5.21. The zero-order valence-corrected chi connectivity index (χ0v) is 12.7. The van der Waals surface area contributed by atoms with E-state index in [1.54, 1.807) is 0 Å². The summed E-state index contributed by atoms with van der Waals surface area (Å²) in [7, 11) is 0. The highest BCUT2D eigenvalue weighted by Crippen LogP contribution is 2.41. The third kappa shape index (κ3) is 2.89. The summed E-state index contributed by atoms with van der Waals surface area (Å²) < 4.78 is 0. The molecular weight excluding hydrogens is 228 g/mol. The average molecular weight is 252 g/mol. The molecule has 1 atom stereocenters. The lowest BCUT2D eigenvalue weighted by Gasteiger charge is -2.33. The SMILES string of the molecule is Cc1cccc(C(c2ccccc2)C(C)(C)C)c1C. The van der Waals surface area contributed by atoms with Gasteiger partial charge in [-0.3, -0.25) is 0 Å². The van der Waals surface area contributed by atoms with Crippen LogP contribution in [0.25, 0.3) is 0 Å². The molecule has 2 rings (SSSR count). The molecule has 0 N–H and O–H groups in total. The molecule has 0 aromatic heterocycles. The molecule has 2 aromatic rings. The highest BCUT2D eigenvalue weighted by atomic mass is 14.3. The maximum atomic E-state index is 2.33. The van der Waals surface area contributed by atoms with Crippen molar-refractivity contribution in [3.8, 4) is 0 Å². The number of hydrogen-bond acceptors (Lipinski definition) is 0. The zero-order valence-electron chi connectivity index (χ0n) is 12.7. The summed E-state index contributed by atoms with van der Waals surface area (Å²) in [6.07, 6.45) is 0. The van der Waals surface area contributed by atoms with Gasteiger partial charge in [0.25, 0.3) is 0 Å². The van der Waals surface area contributed by atoms with Crippen LogP contribution in [-0.2, 0) is 0 Å². The molecule has 0 aliphatic heterocycles. The maximum Gasteiger partial charge on any atom is 0.0141 e. The number of benzene rings is 2. The topological polar surface area (TPSA) is 0 Å². The fraction of sp³-hybridized carbons (Fsp3) is 0.368. The highest BCUT2D eigenvalue weighted by Gasteiger charge is 2.28. The lowest BCUT2D eigenvalue weighted by atomic mass is 9.71. The first-order valence-corrected chi connectivity index (χ1v) is 7.02. The van der Waals surface area contributed by atoms with E-state index in [2.05, 4.69) is 83.1 Å². The van der Waals surface area contributed by atoms with Crippen LogP contribution in [-0.4, -0.2) is 0 Å². The van der Waals surface area contributed by atoms with Crippen LogP contribution < -0.4 is 0 Å². The Hall–Kier alpha value is -1.56. The third-order valence-electron chi connectivity index (χ3n) is 3.96. The first-order chi connectivity index (χ1) is 8.91. The van der Waals surface area contributed by atoms with Crippen LogP contribution in [0.4, 0.5) is 0 Å². The molecule has 0 radical (unpaired) electrons. The van der Waals surface area contributed by atoms with Gasteiger partial charge >= 0.3 is 0 Å². The minimum atomic E-state index is 0.208. The second-order valence-electron chi connectivity index (χ2n) is 6.50. The molecule has 2 aromatic carbocycles. The zero-order chi connectivity index (χ0) is 14.0. The molecule has 1 unspecified atom stereocenters. The molecule has 0 bridgehead atoms. The van der Waals surface area contributed by atoms with Crippen LogP contribution in [0, 0.1) is 19.3 Å². The third-order valence-corrected chi connectivity index (χ3v) is 3.96. The van der Waals surface area contributed by atoms with Gasteiger partial charge < -0.3 is 0 Å². The van der Waals surface area contributed by atoms with Gasteiger partial charge in [0.05, 0.1) is 0 Å². The van der Waals surface area contributed by atoms with E-state index in [0.717, 1.165) is 0 Å². The minimum absolute atomic E-state index is 0.208. The molecule has 0 nitrogen and oxygen atoms in total. The molecule has 0 saturated carbocycles. The van der Waals surface area contributed by atoms with Crippen molar-refractivity contribution in [1.82, 2.24) is 0 Å². The lowest BCUT2D eigenvalue weighted by molar-refractivity contribution is 0.357. The van der Waals surface area contributed by atoms with E-state index in [1.165, 1.54) is 22.3 Å². The van der Waals surface area contributed by atoms with E-state index in [-0.39, 0.29) is 5.41 Å². The van der Waals surface area contributed by atoms with E-state index in [1.807, 2.05) is 0 Å². The molecule has 0 fully saturated rings. The molecular formula is C19H24. The van der Waals surface area contributed by atoms with Gasteiger partial charge in [-0.15, -0.1) is 0 Å². The van der Waals surface area contributed by atoms with Gasteiger partial charge in [0, 0.05) is 5.92 Å². The molecule has 0 spiro atoms. The van der Waals surface area contributed by atoms with Crippen LogP contribution in [0.15, 0.2) is 48.5 Å². The Morgan fingerprint density at radius 3 is 2.00 bits per heavy atom. The number of hydrogen-bond donors (Lipinski definition) is 0. The van der Waals surface area contributed by atoms with Gasteiger partial charge in [-0.1, -0.05) is 69.3 Å². The molecule has 0 heteroatoms. The summed E-state index contributed by atoms with van der Waals surface area (Å²) in [5.74, 6) is 0.439. The van der Waals surface area contributed by atoms with Crippen molar-refractivity contribution >= 4 is 0 Å². The van der Waals surface area contributed by atoms with Crippen molar-refractivity contribution in [3.05, 3.63) is 70.8 Å². The quantitative estimate of drug-likeness (QED) is 0.663. The van der Waals surface area contributed by atoms with Gasteiger partial charge in [0.1, 0.15) is 0 Å². The van der Waals surface area contributed by atoms with Gasteiger partial charge in [0.2, 0.25) is 0 Å². The van der Waals surface area contributed by atoms with E-state index in [4.69, 9.17) is 0 Å². The average Bonchev–Trinajstić information content (AvgIpc) is 2.35. The lowest BCUT2D eigenvalue weighted by Crippen LogP contribution is -2.20. The first-order valence-electron chi connectivity index (χ1n) is 7.02. The first kappa shape index (κ1) is 13.9. The fourth-order valence-electron chi connectivity index (χ4n) is 2.88. The maximum absolute atomic E-state index is 2.33. The predicted molar refractivity (Wildman–Crippen MR) is 83.7 cm³/mol. The molecule has 0 aliphatic carbocycles. The van der Waals surface area contributed by atoms with Crippen molar-refractivity contribution in [1.29, 1.82) is 0 Å². The van der Waals surface area contributed by atoms with Crippen LogP contribution in [0.2, 0.25) is 0 Å². The van der Waals surface area contributed by atoms with Crippen LogP contribution in [0.1, 0.15) is 48.9 Å². The molecule has 0 amide bonds. The van der Waals surface area contributed by atoms with Crippen molar-refractivity contribution in [2.24, 2.45) is 5.41 Å². The molecule has 19 heavy (non-hydrogen) atoms. The molecule has 0 heterocycles. The summed E-state index contributed by atoms with van der Waals surface area (Å²) >= 11 is 0. The van der Waals surface area contributed by atoms with Gasteiger partial charge in [-0.2, -0.15) is 0 Å². The molecule has 100 valence electrons. The Labute approximate surface area is 117 Å². The van der Waals surface area contributed by atoms with E-state index in [0.29, 0.717) is 5.92 Å². The monoisotopic (exact) mass is 252 g/mol. The standard InChI is InChI=1S/C19H24/c1-14-10-9-13-17(15(14)2)18(19(3,4)5)16-11-7-6-8-12-16/h6-13,18H,1-5H3. The van der Waals surface area contributed by atoms with Crippen molar-refractivity contribution in [2.75, 3.05) is 0 Å². The Balaban J connectivity index is 2.60. The smallest absolute Gasteiger partial charge is 0.0141 e. The Morgan fingerprint density at radius 1 is 0.789 bits per heavy atom. The summed E-state index contributed by atoms with van der Waals surface area (Å²) in [6.45, 7) is 11.4. The van der Waals surface area contributed by atoms with Crippen molar-refractivity contribution in [3.63, 3.8) is 0 Å². The largest absolute Gasteiger partial charge is 0.0622 e. The fourth-order valence-corrected chi connectivity index (χ4v) is 2.88. The summed E-state index contributed by atoms with van der Waals surface area (Å²) in [6, 6.07) is 17.5. The predicted octanol–water partition coefficient (Wildman–Crippen LogP) is 5.48. The Bertz CT molecular complexity index is 544.